The Hall–Kier alpha value is -3.88. The number of rotatable bonds is 7. The van der Waals surface area contributed by atoms with Crippen molar-refractivity contribution in [3.63, 3.8) is 0 Å². The zero-order valence-corrected chi connectivity index (χ0v) is 16.8. The zero-order chi connectivity index (χ0) is 22.4. The van der Waals surface area contributed by atoms with Gasteiger partial charge in [-0.05, 0) is 30.5 Å². The Balaban J connectivity index is 1.68. The Labute approximate surface area is 179 Å². The predicted octanol–water partition coefficient (Wildman–Crippen LogP) is 1.59. The third-order valence-electron chi connectivity index (χ3n) is 5.16. The van der Waals surface area contributed by atoms with Crippen LogP contribution in [0.2, 0.25) is 0 Å². The number of nitrogens with one attached hydrogen (secondary N) is 2. The molecule has 0 spiro atoms. The number of nitrogens with two attached hydrogens (primary N) is 1. The van der Waals surface area contributed by atoms with Crippen LogP contribution in [0.1, 0.15) is 28.8 Å². The van der Waals surface area contributed by atoms with Gasteiger partial charge in [-0.2, -0.15) is 0 Å². The number of para-hydroxylation sites is 1. The van der Waals surface area contributed by atoms with Gasteiger partial charge in [-0.3, -0.25) is 9.59 Å². The lowest BCUT2D eigenvalue weighted by Crippen LogP contribution is -2.53. The van der Waals surface area contributed by atoms with Crippen LogP contribution in [0.15, 0.2) is 54.6 Å². The van der Waals surface area contributed by atoms with Crippen LogP contribution < -0.4 is 16.4 Å². The van der Waals surface area contributed by atoms with Crippen LogP contribution in [0.3, 0.4) is 0 Å². The Kier molecular flexibility index (Phi) is 6.86. The lowest BCUT2D eigenvalue weighted by atomic mass is 10.0. The number of amides is 4. The molecule has 2 aromatic carbocycles. The first-order valence-electron chi connectivity index (χ1n) is 9.90. The molecule has 0 saturated carbocycles. The topological polar surface area (TPSA) is 142 Å². The second kappa shape index (κ2) is 9.75. The van der Waals surface area contributed by atoms with Gasteiger partial charge in [-0.15, -0.1) is 0 Å². The number of carboxylic acids is 1. The monoisotopic (exact) mass is 424 g/mol. The van der Waals surface area contributed by atoms with Crippen LogP contribution in [0, 0.1) is 0 Å². The van der Waals surface area contributed by atoms with Gasteiger partial charge >= 0.3 is 12.0 Å². The maximum absolute atomic E-state index is 12.9. The van der Waals surface area contributed by atoms with Gasteiger partial charge < -0.3 is 26.4 Å². The molecule has 4 amide bonds. The number of aromatic carboxylic acids is 1. The molecule has 1 aliphatic rings. The first kappa shape index (κ1) is 21.8. The minimum absolute atomic E-state index is 0.0484. The molecule has 1 aliphatic heterocycles. The Morgan fingerprint density at radius 3 is 2.42 bits per heavy atom. The third-order valence-corrected chi connectivity index (χ3v) is 5.16. The van der Waals surface area contributed by atoms with Gasteiger partial charge in [0.15, 0.2) is 0 Å². The van der Waals surface area contributed by atoms with Crippen LogP contribution in [0.25, 0.3) is 0 Å². The number of anilines is 1. The second-order valence-electron chi connectivity index (χ2n) is 7.29. The van der Waals surface area contributed by atoms with Crippen molar-refractivity contribution >= 4 is 29.5 Å². The number of carbonyl (C=O) groups excluding carboxylic acids is 3. The Morgan fingerprint density at radius 2 is 1.74 bits per heavy atom. The first-order chi connectivity index (χ1) is 14.9. The minimum atomic E-state index is -1.17. The highest BCUT2D eigenvalue weighted by Crippen LogP contribution is 2.21. The van der Waals surface area contributed by atoms with E-state index >= 15 is 0 Å². The highest BCUT2D eigenvalue weighted by molar-refractivity contribution is 6.01. The van der Waals surface area contributed by atoms with Gasteiger partial charge in [0.05, 0.1) is 11.3 Å². The van der Waals surface area contributed by atoms with Gasteiger partial charge in [0, 0.05) is 13.0 Å². The van der Waals surface area contributed by atoms with Crippen molar-refractivity contribution < 1.29 is 24.3 Å². The van der Waals surface area contributed by atoms with Crippen molar-refractivity contribution in [2.45, 2.75) is 31.3 Å². The van der Waals surface area contributed by atoms with Crippen molar-refractivity contribution in [1.82, 2.24) is 10.2 Å². The number of likely N-dealkylation sites (tertiary alicyclic amines) is 1. The molecule has 0 aliphatic carbocycles. The summed E-state index contributed by atoms with van der Waals surface area (Å²) in [6.07, 6.45) is 1.27. The number of urea groups is 1. The van der Waals surface area contributed by atoms with Crippen LogP contribution in [-0.4, -0.2) is 52.4 Å². The minimum Gasteiger partial charge on any atom is -0.478 e. The summed E-state index contributed by atoms with van der Waals surface area (Å²) in [4.78, 5) is 50.2. The van der Waals surface area contributed by atoms with E-state index < -0.39 is 35.9 Å². The smallest absolute Gasteiger partial charge is 0.337 e. The van der Waals surface area contributed by atoms with Gasteiger partial charge in [0.2, 0.25) is 11.8 Å². The van der Waals surface area contributed by atoms with Crippen LogP contribution in [0.5, 0.6) is 0 Å². The summed E-state index contributed by atoms with van der Waals surface area (Å²) in [6, 6.07) is 12.9. The van der Waals surface area contributed by atoms with E-state index in [0.29, 0.717) is 19.4 Å². The zero-order valence-electron chi connectivity index (χ0n) is 16.8. The summed E-state index contributed by atoms with van der Waals surface area (Å²) < 4.78 is 0. The standard InChI is InChI=1S/C22H24N4O5/c23-19(27)17(13-14-7-2-1-3-8-14)24-20(28)18-11-6-12-26(18)22(31)25-16-10-5-4-9-15(16)21(29)30/h1-5,7-10,17-18H,6,11-13H2,(H2,23,27)(H,24,28)(H,25,31)(H,29,30)/t17-,18-/m0/s1. The summed E-state index contributed by atoms with van der Waals surface area (Å²) in [6.45, 7) is 0.332. The third kappa shape index (κ3) is 5.39. The van der Waals surface area contributed by atoms with Crippen molar-refractivity contribution in [2.24, 2.45) is 5.73 Å². The molecular formula is C22H24N4O5. The highest BCUT2D eigenvalue weighted by Gasteiger charge is 2.36. The van der Waals surface area contributed by atoms with E-state index in [-0.39, 0.29) is 17.7 Å². The lowest BCUT2D eigenvalue weighted by molar-refractivity contribution is -0.129. The molecule has 31 heavy (non-hydrogen) atoms. The maximum Gasteiger partial charge on any atom is 0.337 e. The Bertz CT molecular complexity index is 979. The van der Waals surface area contributed by atoms with E-state index in [2.05, 4.69) is 10.6 Å². The summed E-state index contributed by atoms with van der Waals surface area (Å²) in [5, 5.41) is 14.5. The molecule has 1 fully saturated rings. The van der Waals surface area contributed by atoms with Crippen LogP contribution >= 0.6 is 0 Å². The molecule has 2 aromatic rings. The van der Waals surface area contributed by atoms with Crippen molar-refractivity contribution in [1.29, 1.82) is 0 Å². The number of carboxylic acid groups (broad SMARTS) is 1. The fourth-order valence-electron chi connectivity index (χ4n) is 3.59. The average molecular weight is 424 g/mol. The van der Waals surface area contributed by atoms with E-state index in [1.165, 1.54) is 17.0 Å². The second-order valence-corrected chi connectivity index (χ2v) is 7.29. The fraction of sp³-hybridized carbons (Fsp3) is 0.273. The summed E-state index contributed by atoms with van der Waals surface area (Å²) in [5.41, 5.74) is 6.41. The average Bonchev–Trinajstić information content (AvgIpc) is 3.24. The molecule has 9 heteroatoms. The lowest BCUT2D eigenvalue weighted by Gasteiger charge is -2.26. The van der Waals surface area contributed by atoms with Crippen molar-refractivity contribution in [2.75, 3.05) is 11.9 Å². The summed E-state index contributed by atoms with van der Waals surface area (Å²) in [7, 11) is 0. The number of primary amides is 1. The molecule has 2 atom stereocenters. The SMILES string of the molecule is NC(=O)[C@H](Cc1ccccc1)NC(=O)[C@@H]1CCCN1C(=O)Nc1ccccc1C(=O)O. The predicted molar refractivity (Wildman–Crippen MR) is 113 cm³/mol. The number of carbonyl (C=O) groups is 4. The molecule has 9 nitrogen and oxygen atoms in total. The fourth-order valence-corrected chi connectivity index (χ4v) is 3.59. The molecular weight excluding hydrogens is 400 g/mol. The summed E-state index contributed by atoms with van der Waals surface area (Å²) in [5.74, 6) is -2.31. The molecule has 1 saturated heterocycles. The van der Waals surface area contributed by atoms with E-state index in [1.807, 2.05) is 30.3 Å². The number of benzene rings is 2. The normalized spacial score (nSPS) is 16.4. The van der Waals surface area contributed by atoms with Gasteiger partial charge in [-0.1, -0.05) is 42.5 Å². The van der Waals surface area contributed by atoms with E-state index in [1.54, 1.807) is 12.1 Å². The molecule has 0 aromatic heterocycles. The quantitative estimate of drug-likeness (QED) is 0.534. The molecule has 0 unspecified atom stereocenters. The molecule has 0 bridgehead atoms. The summed E-state index contributed by atoms with van der Waals surface area (Å²) >= 11 is 0. The van der Waals surface area contributed by atoms with Crippen molar-refractivity contribution in [3.05, 3.63) is 65.7 Å². The Morgan fingerprint density at radius 1 is 1.06 bits per heavy atom. The highest BCUT2D eigenvalue weighted by atomic mass is 16.4. The van der Waals surface area contributed by atoms with Crippen LogP contribution in [-0.2, 0) is 16.0 Å². The van der Waals surface area contributed by atoms with Gasteiger partial charge in [-0.25, -0.2) is 9.59 Å². The van der Waals surface area contributed by atoms with E-state index in [4.69, 9.17) is 5.73 Å². The van der Waals surface area contributed by atoms with E-state index in [0.717, 1.165) is 5.56 Å². The van der Waals surface area contributed by atoms with Crippen LogP contribution in [0.4, 0.5) is 10.5 Å². The number of hydrogen-bond acceptors (Lipinski definition) is 4. The maximum atomic E-state index is 12.9. The molecule has 5 N–H and O–H groups in total. The largest absolute Gasteiger partial charge is 0.478 e. The number of nitrogens with zero attached hydrogens (tertiary/aromatic N) is 1. The first-order valence-corrected chi connectivity index (χ1v) is 9.90. The number of hydrogen-bond donors (Lipinski definition) is 4. The molecule has 1 heterocycles. The van der Waals surface area contributed by atoms with Gasteiger partial charge in [0.1, 0.15) is 12.1 Å². The molecule has 3 rings (SSSR count). The van der Waals surface area contributed by atoms with E-state index in [9.17, 15) is 24.3 Å². The molecule has 0 radical (unpaired) electrons. The molecule has 162 valence electrons. The van der Waals surface area contributed by atoms with Crippen molar-refractivity contribution in [3.8, 4) is 0 Å². The van der Waals surface area contributed by atoms with Gasteiger partial charge in [0.25, 0.3) is 0 Å².